The summed E-state index contributed by atoms with van der Waals surface area (Å²) in [4.78, 5) is 24.0. The standard InChI is InChI=1S/C20H32O4/c1-3-4-5-11-16-12-8-13-20(16,2)24-18(21)14-17(19(22)23)15-9-6-7-10-15/h3,15-17H,1,4-14H2,2H3,(H,22,23)/t16-,17-,20-/m0/s1. The Balaban J connectivity index is 1.91. The molecule has 24 heavy (non-hydrogen) atoms. The molecule has 0 bridgehead atoms. The fourth-order valence-electron chi connectivity index (χ4n) is 4.60. The van der Waals surface area contributed by atoms with Crippen LogP contribution >= 0.6 is 0 Å². The van der Waals surface area contributed by atoms with Crippen molar-refractivity contribution in [3.05, 3.63) is 12.7 Å². The fourth-order valence-corrected chi connectivity index (χ4v) is 4.60. The first kappa shape index (κ1) is 19.0. The van der Waals surface area contributed by atoms with Crippen molar-refractivity contribution >= 4 is 11.9 Å². The smallest absolute Gasteiger partial charge is 0.307 e. The van der Waals surface area contributed by atoms with Gasteiger partial charge in [0.25, 0.3) is 0 Å². The van der Waals surface area contributed by atoms with Crippen molar-refractivity contribution in [3.63, 3.8) is 0 Å². The number of allylic oxidation sites excluding steroid dienone is 1. The van der Waals surface area contributed by atoms with E-state index in [1.165, 1.54) is 0 Å². The lowest BCUT2D eigenvalue weighted by atomic mass is 9.86. The Hall–Kier alpha value is -1.32. The number of ether oxygens (including phenoxy) is 1. The second kappa shape index (κ2) is 8.68. The molecule has 0 aromatic carbocycles. The highest BCUT2D eigenvalue weighted by Crippen LogP contribution is 2.42. The number of carboxylic acid groups (broad SMARTS) is 1. The SMILES string of the molecule is C=CCCC[C@H]1CCC[C@]1(C)OC(=O)C[C@H](C(=O)O)C1CCCC1. The van der Waals surface area contributed by atoms with Gasteiger partial charge in [0.1, 0.15) is 5.60 Å². The number of carboxylic acids is 1. The predicted molar refractivity (Wildman–Crippen MR) is 93.6 cm³/mol. The summed E-state index contributed by atoms with van der Waals surface area (Å²) in [6.45, 7) is 5.79. The van der Waals surface area contributed by atoms with Gasteiger partial charge in [0.05, 0.1) is 12.3 Å². The van der Waals surface area contributed by atoms with E-state index in [2.05, 4.69) is 6.58 Å². The van der Waals surface area contributed by atoms with Crippen LogP contribution in [0.5, 0.6) is 0 Å². The molecule has 0 spiro atoms. The fraction of sp³-hybridized carbons (Fsp3) is 0.800. The summed E-state index contributed by atoms with van der Waals surface area (Å²) in [5.74, 6) is -1.24. The zero-order valence-electron chi connectivity index (χ0n) is 15.0. The molecule has 4 heteroatoms. The van der Waals surface area contributed by atoms with Crippen LogP contribution in [0.15, 0.2) is 12.7 Å². The lowest BCUT2D eigenvalue weighted by molar-refractivity contribution is -0.167. The third-order valence-electron chi connectivity index (χ3n) is 6.07. The molecule has 2 saturated carbocycles. The molecular weight excluding hydrogens is 304 g/mol. The number of esters is 1. The van der Waals surface area contributed by atoms with Crippen LogP contribution in [-0.4, -0.2) is 22.6 Å². The quantitative estimate of drug-likeness (QED) is 0.376. The molecule has 2 aliphatic carbocycles. The summed E-state index contributed by atoms with van der Waals surface area (Å²) in [5, 5.41) is 9.49. The van der Waals surface area contributed by atoms with Crippen LogP contribution in [0.2, 0.25) is 0 Å². The molecular formula is C20H32O4. The van der Waals surface area contributed by atoms with Gasteiger partial charge < -0.3 is 9.84 Å². The first-order valence-electron chi connectivity index (χ1n) is 9.52. The van der Waals surface area contributed by atoms with Crippen LogP contribution in [0, 0.1) is 17.8 Å². The minimum absolute atomic E-state index is 0.0228. The number of carbonyl (C=O) groups excluding carboxylic acids is 1. The van der Waals surface area contributed by atoms with Gasteiger partial charge in [-0.15, -0.1) is 6.58 Å². The van der Waals surface area contributed by atoms with Gasteiger partial charge in [-0.05, 0) is 70.1 Å². The van der Waals surface area contributed by atoms with Gasteiger partial charge in [0, 0.05) is 0 Å². The Labute approximate surface area is 145 Å². The highest BCUT2D eigenvalue weighted by Gasteiger charge is 2.42. The second-order valence-corrected chi connectivity index (χ2v) is 7.79. The predicted octanol–water partition coefficient (Wildman–Crippen LogP) is 4.73. The molecule has 2 aliphatic rings. The number of hydrogen-bond donors (Lipinski definition) is 1. The van der Waals surface area contributed by atoms with Crippen LogP contribution in [-0.2, 0) is 14.3 Å². The van der Waals surface area contributed by atoms with Crippen molar-refractivity contribution in [3.8, 4) is 0 Å². The van der Waals surface area contributed by atoms with Gasteiger partial charge in [-0.3, -0.25) is 9.59 Å². The Bertz CT molecular complexity index is 453. The maximum absolute atomic E-state index is 12.4. The van der Waals surface area contributed by atoms with Gasteiger partial charge in [0.15, 0.2) is 0 Å². The molecule has 3 atom stereocenters. The first-order chi connectivity index (χ1) is 11.5. The van der Waals surface area contributed by atoms with Crippen LogP contribution in [0.4, 0.5) is 0 Å². The Kier molecular flexibility index (Phi) is 6.88. The number of rotatable bonds is 9. The summed E-state index contributed by atoms with van der Waals surface area (Å²) >= 11 is 0. The Morgan fingerprint density at radius 1 is 1.29 bits per heavy atom. The highest BCUT2D eigenvalue weighted by molar-refractivity contribution is 5.79. The van der Waals surface area contributed by atoms with E-state index >= 15 is 0 Å². The van der Waals surface area contributed by atoms with E-state index in [0.29, 0.717) is 5.92 Å². The molecule has 0 saturated heterocycles. The molecule has 0 heterocycles. The van der Waals surface area contributed by atoms with Crippen molar-refractivity contribution < 1.29 is 19.4 Å². The second-order valence-electron chi connectivity index (χ2n) is 7.79. The molecule has 136 valence electrons. The molecule has 0 aromatic rings. The van der Waals surface area contributed by atoms with Crippen molar-refractivity contribution in [1.82, 2.24) is 0 Å². The number of hydrogen-bond acceptors (Lipinski definition) is 3. The third kappa shape index (κ3) is 4.84. The number of unbranched alkanes of at least 4 members (excludes halogenated alkanes) is 1. The summed E-state index contributed by atoms with van der Waals surface area (Å²) in [6.07, 6.45) is 12.1. The van der Waals surface area contributed by atoms with Crippen molar-refractivity contribution in [2.45, 2.75) is 83.2 Å². The molecule has 2 rings (SSSR count). The van der Waals surface area contributed by atoms with Gasteiger partial charge in [-0.2, -0.15) is 0 Å². The normalized spacial score (nSPS) is 28.6. The van der Waals surface area contributed by atoms with Gasteiger partial charge >= 0.3 is 11.9 Å². The molecule has 4 nitrogen and oxygen atoms in total. The van der Waals surface area contributed by atoms with Crippen LogP contribution in [0.25, 0.3) is 0 Å². The first-order valence-corrected chi connectivity index (χ1v) is 9.52. The van der Waals surface area contributed by atoms with Gasteiger partial charge in [0.2, 0.25) is 0 Å². The summed E-state index contributed by atoms with van der Waals surface area (Å²) in [7, 11) is 0. The minimum atomic E-state index is -0.849. The summed E-state index contributed by atoms with van der Waals surface area (Å²) < 4.78 is 5.85. The van der Waals surface area contributed by atoms with E-state index in [9.17, 15) is 14.7 Å². The van der Waals surface area contributed by atoms with Crippen LogP contribution in [0.1, 0.15) is 77.6 Å². The maximum atomic E-state index is 12.4. The minimum Gasteiger partial charge on any atom is -0.481 e. The van der Waals surface area contributed by atoms with E-state index < -0.39 is 17.5 Å². The average molecular weight is 336 g/mol. The van der Waals surface area contributed by atoms with E-state index in [-0.39, 0.29) is 18.3 Å². The monoisotopic (exact) mass is 336 g/mol. The number of carbonyl (C=O) groups is 2. The third-order valence-corrected chi connectivity index (χ3v) is 6.07. The summed E-state index contributed by atoms with van der Waals surface area (Å²) in [6, 6.07) is 0. The highest BCUT2D eigenvalue weighted by atomic mass is 16.6. The van der Waals surface area contributed by atoms with Gasteiger partial charge in [-0.25, -0.2) is 0 Å². The molecule has 2 fully saturated rings. The molecule has 0 unspecified atom stereocenters. The van der Waals surface area contributed by atoms with Crippen LogP contribution < -0.4 is 0 Å². The van der Waals surface area contributed by atoms with Crippen LogP contribution in [0.3, 0.4) is 0 Å². The maximum Gasteiger partial charge on any atom is 0.307 e. The van der Waals surface area contributed by atoms with E-state index in [1.54, 1.807) is 0 Å². The largest absolute Gasteiger partial charge is 0.481 e. The van der Waals surface area contributed by atoms with Crippen molar-refractivity contribution in [2.24, 2.45) is 17.8 Å². The lowest BCUT2D eigenvalue weighted by Crippen LogP contribution is -2.37. The average Bonchev–Trinajstić information content (AvgIpc) is 3.15. The Morgan fingerprint density at radius 2 is 2.00 bits per heavy atom. The molecule has 1 N–H and O–H groups in total. The zero-order chi connectivity index (χ0) is 17.6. The zero-order valence-corrected chi connectivity index (χ0v) is 15.0. The van der Waals surface area contributed by atoms with Gasteiger partial charge in [-0.1, -0.05) is 18.9 Å². The molecule has 0 amide bonds. The number of aliphatic carboxylic acids is 1. The lowest BCUT2D eigenvalue weighted by Gasteiger charge is -2.32. The Morgan fingerprint density at radius 3 is 2.62 bits per heavy atom. The van der Waals surface area contributed by atoms with E-state index in [4.69, 9.17) is 4.74 Å². The van der Waals surface area contributed by atoms with E-state index in [1.807, 2.05) is 13.0 Å². The summed E-state index contributed by atoms with van der Waals surface area (Å²) in [5.41, 5.74) is -0.420. The van der Waals surface area contributed by atoms with Crippen molar-refractivity contribution in [2.75, 3.05) is 0 Å². The topological polar surface area (TPSA) is 63.6 Å². The van der Waals surface area contributed by atoms with Crippen molar-refractivity contribution in [1.29, 1.82) is 0 Å². The van der Waals surface area contributed by atoms with E-state index in [0.717, 1.165) is 64.2 Å². The molecule has 0 aromatic heterocycles. The molecule has 0 aliphatic heterocycles. The molecule has 0 radical (unpaired) electrons.